The van der Waals surface area contributed by atoms with E-state index in [0.29, 0.717) is 0 Å². The minimum atomic E-state index is 0.740. The summed E-state index contributed by atoms with van der Waals surface area (Å²) in [6, 6.07) is 19.6. The molecular weight excluding hydrogens is 224 g/mol. The minimum absolute atomic E-state index is 0.740. The van der Waals surface area contributed by atoms with Gasteiger partial charge in [0.05, 0.1) is 13.2 Å². The zero-order valence-electron chi connectivity index (χ0n) is 11.0. The maximum Gasteiger partial charge on any atom is 0.119 e. The Morgan fingerprint density at radius 1 is 0.611 bits per heavy atom. The molecule has 18 heavy (non-hydrogen) atoms. The first kappa shape index (κ1) is 14.1. The Hall–Kier alpha value is -1.96. The van der Waals surface area contributed by atoms with Gasteiger partial charge in [-0.25, -0.2) is 0 Å². The van der Waals surface area contributed by atoms with Crippen LogP contribution < -0.4 is 9.47 Å². The van der Waals surface area contributed by atoms with E-state index < -0.39 is 0 Å². The lowest BCUT2D eigenvalue weighted by Gasteiger charge is -1.99. The lowest BCUT2D eigenvalue weighted by molar-refractivity contribution is 0.340. The molecule has 0 aliphatic rings. The molecule has 0 fully saturated rings. The Kier molecular flexibility index (Phi) is 7.14. The predicted octanol–water partition coefficient (Wildman–Crippen LogP) is 4.17. The van der Waals surface area contributed by atoms with E-state index in [1.807, 2.05) is 74.5 Å². The van der Waals surface area contributed by atoms with Gasteiger partial charge in [-0.2, -0.15) is 0 Å². The van der Waals surface area contributed by atoms with Crippen LogP contribution in [0.15, 0.2) is 60.7 Å². The van der Waals surface area contributed by atoms with E-state index in [2.05, 4.69) is 0 Å². The second-order valence-corrected chi connectivity index (χ2v) is 3.49. The summed E-state index contributed by atoms with van der Waals surface area (Å²) in [6.07, 6.45) is 0. The van der Waals surface area contributed by atoms with Crippen molar-refractivity contribution in [3.8, 4) is 11.5 Å². The molecule has 0 saturated carbocycles. The van der Waals surface area contributed by atoms with Crippen molar-refractivity contribution < 1.29 is 9.47 Å². The molecule has 96 valence electrons. The summed E-state index contributed by atoms with van der Waals surface area (Å²) in [5.41, 5.74) is 0. The fraction of sp³-hybridized carbons (Fsp3) is 0.250. The van der Waals surface area contributed by atoms with Gasteiger partial charge in [0.25, 0.3) is 0 Å². The summed E-state index contributed by atoms with van der Waals surface area (Å²) >= 11 is 0. The number of ether oxygens (including phenoxy) is 2. The molecule has 2 nitrogen and oxygen atoms in total. The number of hydrogen-bond donors (Lipinski definition) is 0. The van der Waals surface area contributed by atoms with Crippen LogP contribution in [0.3, 0.4) is 0 Å². The van der Waals surface area contributed by atoms with Crippen LogP contribution in [-0.2, 0) is 0 Å². The molecule has 0 N–H and O–H groups in total. The predicted molar refractivity (Wildman–Crippen MR) is 75.2 cm³/mol. The first-order valence-corrected chi connectivity index (χ1v) is 6.22. The molecule has 0 radical (unpaired) electrons. The van der Waals surface area contributed by atoms with Crippen molar-refractivity contribution in [1.29, 1.82) is 0 Å². The first-order chi connectivity index (χ1) is 8.86. The first-order valence-electron chi connectivity index (χ1n) is 6.22. The van der Waals surface area contributed by atoms with Gasteiger partial charge < -0.3 is 9.47 Å². The summed E-state index contributed by atoms with van der Waals surface area (Å²) in [5.74, 6) is 1.89. The van der Waals surface area contributed by atoms with Gasteiger partial charge in [-0.05, 0) is 38.1 Å². The van der Waals surface area contributed by atoms with E-state index in [1.54, 1.807) is 0 Å². The molecule has 0 amide bonds. The maximum absolute atomic E-state index is 5.21. The standard InChI is InChI=1S/2C8H10O/c2*1-2-9-8-6-4-3-5-7-8/h2*3-7H,2H2,1H3. The lowest BCUT2D eigenvalue weighted by atomic mass is 10.3. The molecule has 0 aromatic heterocycles. The van der Waals surface area contributed by atoms with Crippen molar-refractivity contribution in [3.05, 3.63) is 60.7 Å². The van der Waals surface area contributed by atoms with Gasteiger partial charge in [-0.1, -0.05) is 36.4 Å². The zero-order chi connectivity index (χ0) is 13.1. The Bertz CT molecular complexity index is 356. The van der Waals surface area contributed by atoms with E-state index in [0.717, 1.165) is 24.7 Å². The van der Waals surface area contributed by atoms with Gasteiger partial charge in [0.2, 0.25) is 0 Å². The van der Waals surface area contributed by atoms with Crippen LogP contribution >= 0.6 is 0 Å². The molecule has 0 atom stereocenters. The van der Waals surface area contributed by atoms with Crippen molar-refractivity contribution in [3.63, 3.8) is 0 Å². The van der Waals surface area contributed by atoms with Gasteiger partial charge >= 0.3 is 0 Å². The highest BCUT2D eigenvalue weighted by atomic mass is 16.5. The van der Waals surface area contributed by atoms with Crippen molar-refractivity contribution in [2.24, 2.45) is 0 Å². The largest absolute Gasteiger partial charge is 0.494 e. The third-order valence-corrected chi connectivity index (χ3v) is 2.11. The highest BCUT2D eigenvalue weighted by Crippen LogP contribution is 2.07. The zero-order valence-corrected chi connectivity index (χ0v) is 11.0. The molecule has 0 spiro atoms. The summed E-state index contributed by atoms with van der Waals surface area (Å²) in [7, 11) is 0. The molecule has 2 heteroatoms. The third-order valence-electron chi connectivity index (χ3n) is 2.11. The molecule has 2 aromatic rings. The normalized spacial score (nSPS) is 9.00. The van der Waals surface area contributed by atoms with E-state index in [-0.39, 0.29) is 0 Å². The SMILES string of the molecule is CCOc1ccccc1.CCOc1ccccc1. The van der Waals surface area contributed by atoms with Crippen molar-refractivity contribution in [1.82, 2.24) is 0 Å². The molecule has 0 heterocycles. The summed E-state index contributed by atoms with van der Waals surface area (Å²) in [6.45, 7) is 5.44. The molecule has 0 aliphatic heterocycles. The number of rotatable bonds is 4. The quantitative estimate of drug-likeness (QED) is 0.803. The fourth-order valence-electron chi connectivity index (χ4n) is 1.37. The number of hydrogen-bond acceptors (Lipinski definition) is 2. The second-order valence-electron chi connectivity index (χ2n) is 3.49. The second kappa shape index (κ2) is 9.11. The molecule has 0 unspecified atom stereocenters. The molecule has 2 rings (SSSR count). The Balaban J connectivity index is 0.000000180. The Labute approximate surface area is 109 Å². The van der Waals surface area contributed by atoms with E-state index in [9.17, 15) is 0 Å². The fourth-order valence-corrected chi connectivity index (χ4v) is 1.37. The van der Waals surface area contributed by atoms with Crippen LogP contribution in [0.5, 0.6) is 11.5 Å². The minimum Gasteiger partial charge on any atom is -0.494 e. The highest BCUT2D eigenvalue weighted by molar-refractivity contribution is 5.21. The molecule has 0 saturated heterocycles. The van der Waals surface area contributed by atoms with Gasteiger partial charge in [0, 0.05) is 0 Å². The van der Waals surface area contributed by atoms with Crippen molar-refractivity contribution >= 4 is 0 Å². The number of para-hydroxylation sites is 2. The monoisotopic (exact) mass is 244 g/mol. The average molecular weight is 244 g/mol. The van der Waals surface area contributed by atoms with Gasteiger partial charge in [-0.15, -0.1) is 0 Å². The smallest absolute Gasteiger partial charge is 0.119 e. The van der Waals surface area contributed by atoms with E-state index >= 15 is 0 Å². The van der Waals surface area contributed by atoms with E-state index in [1.165, 1.54) is 0 Å². The van der Waals surface area contributed by atoms with Gasteiger partial charge in [0.1, 0.15) is 11.5 Å². The van der Waals surface area contributed by atoms with Crippen LogP contribution in [0.1, 0.15) is 13.8 Å². The van der Waals surface area contributed by atoms with Crippen molar-refractivity contribution in [2.75, 3.05) is 13.2 Å². The molecule has 0 aliphatic carbocycles. The van der Waals surface area contributed by atoms with Crippen LogP contribution in [0.4, 0.5) is 0 Å². The van der Waals surface area contributed by atoms with Crippen LogP contribution in [0.25, 0.3) is 0 Å². The molecular formula is C16H20O2. The summed E-state index contributed by atoms with van der Waals surface area (Å²) in [4.78, 5) is 0. The van der Waals surface area contributed by atoms with Gasteiger partial charge in [0.15, 0.2) is 0 Å². The third kappa shape index (κ3) is 5.94. The maximum atomic E-state index is 5.21. The van der Waals surface area contributed by atoms with E-state index in [4.69, 9.17) is 9.47 Å². The van der Waals surface area contributed by atoms with Crippen LogP contribution in [-0.4, -0.2) is 13.2 Å². The topological polar surface area (TPSA) is 18.5 Å². The Morgan fingerprint density at radius 3 is 1.22 bits per heavy atom. The number of benzene rings is 2. The molecule has 0 bridgehead atoms. The van der Waals surface area contributed by atoms with Gasteiger partial charge in [-0.3, -0.25) is 0 Å². The average Bonchev–Trinajstić information content (AvgIpc) is 2.43. The van der Waals surface area contributed by atoms with Crippen molar-refractivity contribution in [2.45, 2.75) is 13.8 Å². The Morgan fingerprint density at radius 2 is 0.944 bits per heavy atom. The van der Waals surface area contributed by atoms with Crippen LogP contribution in [0, 0.1) is 0 Å². The molecule has 2 aromatic carbocycles. The van der Waals surface area contributed by atoms with Crippen LogP contribution in [0.2, 0.25) is 0 Å². The summed E-state index contributed by atoms with van der Waals surface area (Å²) in [5, 5.41) is 0. The lowest BCUT2D eigenvalue weighted by Crippen LogP contribution is -1.89. The highest BCUT2D eigenvalue weighted by Gasteiger charge is 1.84. The summed E-state index contributed by atoms with van der Waals surface area (Å²) < 4.78 is 10.4.